The average Bonchev–Trinajstić information content (AvgIpc) is 2.45. The van der Waals surface area contributed by atoms with Crippen LogP contribution in [0.15, 0.2) is 24.3 Å². The first-order valence-corrected chi connectivity index (χ1v) is 4.78. The molecule has 1 aromatic carbocycles. The molecule has 0 amide bonds. The first kappa shape index (κ1) is 9.28. The Hall–Kier alpha value is -1.28. The molecule has 2 rings (SSSR count). The molecule has 0 unspecified atom stereocenters. The van der Waals surface area contributed by atoms with Crippen molar-refractivity contribution in [1.29, 1.82) is 0 Å². The van der Waals surface area contributed by atoms with Crippen molar-refractivity contribution in [2.45, 2.75) is 20.6 Å². The summed E-state index contributed by atoms with van der Waals surface area (Å²) in [7, 11) is 1.72. The number of hydrogen-bond donors (Lipinski definition) is 0. The fourth-order valence-corrected chi connectivity index (χ4v) is 1.80. The topological polar surface area (TPSA) is 14.2 Å². The molecule has 1 aromatic heterocycles. The Labute approximate surface area is 84.1 Å². The van der Waals surface area contributed by atoms with Crippen molar-refractivity contribution in [3.63, 3.8) is 0 Å². The number of fused-ring (bicyclic) bond motifs is 1. The van der Waals surface area contributed by atoms with Crippen molar-refractivity contribution in [2.24, 2.45) is 0 Å². The molecule has 0 spiro atoms. The van der Waals surface area contributed by atoms with E-state index in [0.717, 1.165) is 0 Å². The Kier molecular flexibility index (Phi) is 2.30. The lowest BCUT2D eigenvalue weighted by Crippen LogP contribution is -2.01. The lowest BCUT2D eigenvalue weighted by atomic mass is 10.2. The van der Waals surface area contributed by atoms with Crippen molar-refractivity contribution in [2.75, 3.05) is 7.11 Å². The Bertz CT molecular complexity index is 457. The highest BCUT2D eigenvalue weighted by Crippen LogP contribution is 2.20. The highest BCUT2D eigenvalue weighted by Gasteiger charge is 2.04. The van der Waals surface area contributed by atoms with Crippen LogP contribution < -0.4 is 0 Å². The summed E-state index contributed by atoms with van der Waals surface area (Å²) in [5.74, 6) is 0. The van der Waals surface area contributed by atoms with Crippen LogP contribution in [-0.4, -0.2) is 11.7 Å². The number of ether oxygens (including phenoxy) is 1. The van der Waals surface area contributed by atoms with E-state index in [1.165, 1.54) is 22.2 Å². The first-order valence-electron chi connectivity index (χ1n) is 4.78. The summed E-state index contributed by atoms with van der Waals surface area (Å²) in [6.45, 7) is 4.84. The third-order valence-electron chi connectivity index (χ3n) is 2.53. The standard InChI is InChI=1S/C12H15NO/c1-9-4-5-11-7-10(2)13(8-14-3)12(11)6-9/h4-7H,8H2,1-3H3. The molecular formula is C12H15NO. The summed E-state index contributed by atoms with van der Waals surface area (Å²) in [6.07, 6.45) is 0. The molecule has 74 valence electrons. The van der Waals surface area contributed by atoms with E-state index in [-0.39, 0.29) is 0 Å². The van der Waals surface area contributed by atoms with E-state index in [0.29, 0.717) is 6.73 Å². The van der Waals surface area contributed by atoms with E-state index in [4.69, 9.17) is 4.74 Å². The van der Waals surface area contributed by atoms with E-state index in [2.05, 4.69) is 42.7 Å². The number of aromatic nitrogens is 1. The SMILES string of the molecule is COCn1c(C)cc2ccc(C)cc21. The largest absolute Gasteiger partial charge is 0.364 e. The predicted molar refractivity (Wildman–Crippen MR) is 58.4 cm³/mol. The Morgan fingerprint density at radius 1 is 1.21 bits per heavy atom. The van der Waals surface area contributed by atoms with Gasteiger partial charge in [-0.3, -0.25) is 0 Å². The third-order valence-corrected chi connectivity index (χ3v) is 2.53. The van der Waals surface area contributed by atoms with Gasteiger partial charge in [-0.05, 0) is 36.9 Å². The Morgan fingerprint density at radius 3 is 2.71 bits per heavy atom. The minimum absolute atomic E-state index is 0.624. The summed E-state index contributed by atoms with van der Waals surface area (Å²) in [4.78, 5) is 0. The van der Waals surface area contributed by atoms with Crippen molar-refractivity contribution >= 4 is 10.9 Å². The van der Waals surface area contributed by atoms with Crippen LogP contribution in [-0.2, 0) is 11.5 Å². The molecule has 0 aliphatic carbocycles. The molecule has 2 nitrogen and oxygen atoms in total. The molecule has 0 aliphatic heterocycles. The fourth-order valence-electron chi connectivity index (χ4n) is 1.80. The predicted octanol–water partition coefficient (Wildman–Crippen LogP) is 2.86. The number of aryl methyl sites for hydroxylation is 2. The van der Waals surface area contributed by atoms with Crippen LogP contribution in [0, 0.1) is 13.8 Å². The monoisotopic (exact) mass is 189 g/mol. The Balaban J connectivity index is 2.66. The van der Waals surface area contributed by atoms with Crippen molar-refractivity contribution in [1.82, 2.24) is 4.57 Å². The summed E-state index contributed by atoms with van der Waals surface area (Å²) >= 11 is 0. The maximum atomic E-state index is 5.18. The molecule has 0 bridgehead atoms. The summed E-state index contributed by atoms with van der Waals surface area (Å²) < 4.78 is 7.36. The minimum Gasteiger partial charge on any atom is -0.364 e. The van der Waals surface area contributed by atoms with Gasteiger partial charge in [-0.1, -0.05) is 12.1 Å². The smallest absolute Gasteiger partial charge is 0.122 e. The van der Waals surface area contributed by atoms with Crippen molar-refractivity contribution in [3.05, 3.63) is 35.5 Å². The molecule has 0 N–H and O–H groups in total. The zero-order valence-electron chi connectivity index (χ0n) is 8.87. The van der Waals surface area contributed by atoms with Gasteiger partial charge in [0.2, 0.25) is 0 Å². The lowest BCUT2D eigenvalue weighted by molar-refractivity contribution is 0.133. The first-order chi connectivity index (χ1) is 6.72. The van der Waals surface area contributed by atoms with Crippen LogP contribution in [0.1, 0.15) is 11.3 Å². The molecule has 0 radical (unpaired) electrons. The minimum atomic E-state index is 0.624. The molecule has 0 fully saturated rings. The molecule has 0 atom stereocenters. The van der Waals surface area contributed by atoms with Gasteiger partial charge in [0, 0.05) is 12.8 Å². The van der Waals surface area contributed by atoms with Crippen LogP contribution in [0.5, 0.6) is 0 Å². The van der Waals surface area contributed by atoms with E-state index >= 15 is 0 Å². The highest BCUT2D eigenvalue weighted by atomic mass is 16.5. The van der Waals surface area contributed by atoms with Gasteiger partial charge in [0.1, 0.15) is 6.73 Å². The van der Waals surface area contributed by atoms with Crippen molar-refractivity contribution in [3.8, 4) is 0 Å². The normalized spacial score (nSPS) is 11.1. The second-order valence-electron chi connectivity index (χ2n) is 3.69. The number of nitrogens with zero attached hydrogens (tertiary/aromatic N) is 1. The second kappa shape index (κ2) is 3.46. The highest BCUT2D eigenvalue weighted by molar-refractivity contribution is 5.81. The third kappa shape index (κ3) is 1.42. The number of hydrogen-bond acceptors (Lipinski definition) is 1. The molecule has 0 aliphatic rings. The van der Waals surface area contributed by atoms with Gasteiger partial charge in [-0.2, -0.15) is 0 Å². The van der Waals surface area contributed by atoms with E-state index in [1.807, 2.05) is 0 Å². The number of rotatable bonds is 2. The molecule has 2 heteroatoms. The molecular weight excluding hydrogens is 174 g/mol. The van der Waals surface area contributed by atoms with Gasteiger partial charge in [-0.25, -0.2) is 0 Å². The number of methoxy groups -OCH3 is 1. The summed E-state index contributed by atoms with van der Waals surface area (Å²) in [6, 6.07) is 8.68. The van der Waals surface area contributed by atoms with Crippen LogP contribution >= 0.6 is 0 Å². The van der Waals surface area contributed by atoms with Gasteiger partial charge in [0.05, 0.1) is 5.52 Å². The zero-order chi connectivity index (χ0) is 10.1. The molecule has 0 saturated carbocycles. The van der Waals surface area contributed by atoms with Crippen molar-refractivity contribution < 1.29 is 4.74 Å². The van der Waals surface area contributed by atoms with Gasteiger partial charge in [-0.15, -0.1) is 0 Å². The lowest BCUT2D eigenvalue weighted by Gasteiger charge is -2.06. The summed E-state index contributed by atoms with van der Waals surface area (Å²) in [5.41, 5.74) is 3.78. The zero-order valence-corrected chi connectivity index (χ0v) is 8.87. The molecule has 14 heavy (non-hydrogen) atoms. The molecule has 0 saturated heterocycles. The average molecular weight is 189 g/mol. The maximum absolute atomic E-state index is 5.18. The van der Waals surface area contributed by atoms with Gasteiger partial charge in [0.25, 0.3) is 0 Å². The van der Waals surface area contributed by atoms with Crippen LogP contribution in [0.25, 0.3) is 10.9 Å². The van der Waals surface area contributed by atoms with Crippen LogP contribution in [0.4, 0.5) is 0 Å². The van der Waals surface area contributed by atoms with Crippen LogP contribution in [0.2, 0.25) is 0 Å². The molecule has 2 aromatic rings. The summed E-state index contributed by atoms with van der Waals surface area (Å²) in [5, 5.41) is 1.28. The Morgan fingerprint density at radius 2 is 2.00 bits per heavy atom. The maximum Gasteiger partial charge on any atom is 0.122 e. The van der Waals surface area contributed by atoms with Gasteiger partial charge < -0.3 is 9.30 Å². The quantitative estimate of drug-likeness (QED) is 0.708. The van der Waals surface area contributed by atoms with E-state index in [9.17, 15) is 0 Å². The van der Waals surface area contributed by atoms with Gasteiger partial charge in [0.15, 0.2) is 0 Å². The number of benzene rings is 1. The molecule has 1 heterocycles. The van der Waals surface area contributed by atoms with E-state index < -0.39 is 0 Å². The van der Waals surface area contributed by atoms with E-state index in [1.54, 1.807) is 7.11 Å². The fraction of sp³-hybridized carbons (Fsp3) is 0.333. The van der Waals surface area contributed by atoms with Gasteiger partial charge >= 0.3 is 0 Å². The van der Waals surface area contributed by atoms with Crippen LogP contribution in [0.3, 0.4) is 0 Å². The second-order valence-corrected chi connectivity index (χ2v) is 3.69.